The zero-order valence-electron chi connectivity index (χ0n) is 18.0. The summed E-state index contributed by atoms with van der Waals surface area (Å²) in [5.41, 5.74) is 10.8. The molecule has 8 heteroatoms. The molecule has 0 atom stereocenters. The van der Waals surface area contributed by atoms with Crippen LogP contribution in [0.25, 0.3) is 33.2 Å². The number of aromatic nitrogens is 5. The van der Waals surface area contributed by atoms with Gasteiger partial charge in [-0.05, 0) is 31.2 Å². The van der Waals surface area contributed by atoms with Crippen LogP contribution in [0.1, 0.15) is 25.1 Å². The molecule has 6 nitrogen and oxygen atoms in total. The molecular formula is C24H22Cl2N6. The SMILES string of the molecule is CC.Cc1nn(Cc2cc3c(Cl)cccc3nc2-c2ccccc2Cl)c2ncnc(N)c12. The lowest BCUT2D eigenvalue weighted by atomic mass is 10.0. The number of hydrogen-bond donors (Lipinski definition) is 1. The van der Waals surface area contributed by atoms with Gasteiger partial charge in [-0.15, -0.1) is 0 Å². The van der Waals surface area contributed by atoms with Crippen LogP contribution in [0.3, 0.4) is 0 Å². The van der Waals surface area contributed by atoms with Crippen LogP contribution in [0.4, 0.5) is 5.82 Å². The number of nitrogens with two attached hydrogens (primary N) is 1. The van der Waals surface area contributed by atoms with Gasteiger partial charge in [-0.25, -0.2) is 19.6 Å². The van der Waals surface area contributed by atoms with Crippen LogP contribution < -0.4 is 5.73 Å². The van der Waals surface area contributed by atoms with Crippen LogP contribution >= 0.6 is 23.2 Å². The zero-order valence-corrected chi connectivity index (χ0v) is 19.5. The predicted molar refractivity (Wildman–Crippen MR) is 132 cm³/mol. The molecule has 0 spiro atoms. The van der Waals surface area contributed by atoms with Crippen molar-refractivity contribution in [2.24, 2.45) is 0 Å². The van der Waals surface area contributed by atoms with Crippen LogP contribution in [0, 0.1) is 6.92 Å². The van der Waals surface area contributed by atoms with Crippen LogP contribution in [0.2, 0.25) is 10.0 Å². The fourth-order valence-electron chi connectivity index (χ4n) is 3.69. The molecule has 0 saturated heterocycles. The third kappa shape index (κ3) is 3.87. The van der Waals surface area contributed by atoms with E-state index in [4.69, 9.17) is 33.9 Å². The van der Waals surface area contributed by atoms with Gasteiger partial charge in [-0.1, -0.05) is 61.3 Å². The number of aryl methyl sites for hydroxylation is 1. The summed E-state index contributed by atoms with van der Waals surface area (Å²) in [6.07, 6.45) is 1.44. The lowest BCUT2D eigenvalue weighted by Crippen LogP contribution is -2.06. The molecule has 5 rings (SSSR count). The maximum Gasteiger partial charge on any atom is 0.163 e. The summed E-state index contributed by atoms with van der Waals surface area (Å²) in [6, 6.07) is 15.4. The number of anilines is 1. The highest BCUT2D eigenvalue weighted by Gasteiger charge is 2.17. The van der Waals surface area contributed by atoms with Crippen LogP contribution in [-0.2, 0) is 6.54 Å². The Kier molecular flexibility index (Phi) is 6.26. The Morgan fingerprint density at radius 2 is 1.72 bits per heavy atom. The standard InChI is InChI=1S/C22H16Cl2N6.C2H6/c1-12-19-21(25)26-11-27-22(19)30(29-12)10-13-9-15-17(24)7-4-8-18(15)28-20(13)14-5-2-3-6-16(14)23;1-2/h2-9,11H,10H2,1H3,(H2,25,26,27);1-2H3. The predicted octanol–water partition coefficient (Wildman–Crippen LogP) is 6.31. The molecule has 0 unspecified atom stereocenters. The van der Waals surface area contributed by atoms with E-state index in [0.717, 1.165) is 38.8 Å². The lowest BCUT2D eigenvalue weighted by molar-refractivity contribution is 0.695. The molecule has 0 radical (unpaired) electrons. The van der Waals surface area contributed by atoms with Gasteiger partial charge in [0.2, 0.25) is 0 Å². The molecule has 0 fully saturated rings. The van der Waals surface area contributed by atoms with E-state index in [2.05, 4.69) is 15.1 Å². The molecule has 32 heavy (non-hydrogen) atoms. The Morgan fingerprint density at radius 1 is 0.969 bits per heavy atom. The first kappa shape index (κ1) is 22.0. The number of nitrogens with zero attached hydrogens (tertiary/aromatic N) is 5. The van der Waals surface area contributed by atoms with Gasteiger partial charge in [0.05, 0.1) is 28.8 Å². The number of rotatable bonds is 3. The van der Waals surface area contributed by atoms with Gasteiger partial charge in [-0.2, -0.15) is 5.10 Å². The minimum atomic E-state index is 0.412. The first-order valence-electron chi connectivity index (χ1n) is 10.3. The Labute approximate surface area is 196 Å². The van der Waals surface area contributed by atoms with E-state index in [1.165, 1.54) is 6.33 Å². The molecule has 2 aromatic carbocycles. The van der Waals surface area contributed by atoms with Gasteiger partial charge in [0, 0.05) is 26.6 Å². The maximum atomic E-state index is 6.51. The second kappa shape index (κ2) is 9.10. The van der Waals surface area contributed by atoms with Crippen molar-refractivity contribution < 1.29 is 0 Å². The minimum absolute atomic E-state index is 0.412. The summed E-state index contributed by atoms with van der Waals surface area (Å²) in [5.74, 6) is 0.412. The van der Waals surface area contributed by atoms with Crippen molar-refractivity contribution in [1.82, 2.24) is 24.7 Å². The average molecular weight is 465 g/mol. The molecule has 0 amide bonds. The first-order chi connectivity index (χ1) is 15.5. The van der Waals surface area contributed by atoms with E-state index in [9.17, 15) is 0 Å². The molecule has 5 aromatic rings. The summed E-state index contributed by atoms with van der Waals surface area (Å²) in [7, 11) is 0. The molecule has 162 valence electrons. The third-order valence-corrected chi connectivity index (χ3v) is 5.73. The molecule has 0 bridgehead atoms. The smallest absolute Gasteiger partial charge is 0.163 e. The number of benzene rings is 2. The van der Waals surface area contributed by atoms with Crippen molar-refractivity contribution in [3.63, 3.8) is 0 Å². The normalized spacial score (nSPS) is 10.9. The lowest BCUT2D eigenvalue weighted by Gasteiger charge is -2.13. The quantitative estimate of drug-likeness (QED) is 0.338. The highest BCUT2D eigenvalue weighted by atomic mass is 35.5. The van der Waals surface area contributed by atoms with Crippen molar-refractivity contribution in [3.8, 4) is 11.3 Å². The van der Waals surface area contributed by atoms with Gasteiger partial charge in [-0.3, -0.25) is 0 Å². The minimum Gasteiger partial charge on any atom is -0.383 e. The summed E-state index contributed by atoms with van der Waals surface area (Å²) < 4.78 is 1.81. The number of halogens is 2. The van der Waals surface area contributed by atoms with Gasteiger partial charge < -0.3 is 5.73 Å². The zero-order chi connectivity index (χ0) is 22.8. The van der Waals surface area contributed by atoms with Crippen molar-refractivity contribution >= 4 is 51.0 Å². The van der Waals surface area contributed by atoms with Crippen molar-refractivity contribution in [2.45, 2.75) is 27.3 Å². The summed E-state index contributed by atoms with van der Waals surface area (Å²) >= 11 is 13.0. The second-order valence-electron chi connectivity index (χ2n) is 6.98. The van der Waals surface area contributed by atoms with Gasteiger partial charge in [0.15, 0.2) is 5.65 Å². The van der Waals surface area contributed by atoms with E-state index in [1.54, 1.807) is 0 Å². The van der Waals surface area contributed by atoms with Crippen LogP contribution in [0.5, 0.6) is 0 Å². The van der Waals surface area contributed by atoms with E-state index in [1.807, 2.05) is 74.0 Å². The largest absolute Gasteiger partial charge is 0.383 e. The molecule has 0 aliphatic rings. The fourth-order valence-corrected chi connectivity index (χ4v) is 4.14. The summed E-state index contributed by atoms with van der Waals surface area (Å²) in [6.45, 7) is 6.32. The Bertz CT molecular complexity index is 1430. The monoisotopic (exact) mass is 464 g/mol. The summed E-state index contributed by atoms with van der Waals surface area (Å²) in [5, 5.41) is 7.53. The molecule has 0 aliphatic carbocycles. The average Bonchev–Trinajstić information content (AvgIpc) is 3.12. The number of hydrogen-bond acceptors (Lipinski definition) is 5. The summed E-state index contributed by atoms with van der Waals surface area (Å²) in [4.78, 5) is 13.4. The van der Waals surface area contributed by atoms with Gasteiger partial charge in [0.25, 0.3) is 0 Å². The molecule has 0 saturated carbocycles. The van der Waals surface area contributed by atoms with E-state index in [-0.39, 0.29) is 0 Å². The molecule has 2 N–H and O–H groups in total. The Morgan fingerprint density at radius 3 is 2.50 bits per heavy atom. The Hall–Kier alpha value is -3.22. The van der Waals surface area contributed by atoms with Gasteiger partial charge in [0.1, 0.15) is 12.1 Å². The highest BCUT2D eigenvalue weighted by Crippen LogP contribution is 2.34. The van der Waals surface area contributed by atoms with Crippen LogP contribution in [0.15, 0.2) is 54.9 Å². The number of pyridine rings is 1. The Balaban J connectivity index is 0.00000119. The first-order valence-corrected chi connectivity index (χ1v) is 11.0. The van der Waals surface area contributed by atoms with Crippen LogP contribution in [-0.4, -0.2) is 24.7 Å². The topological polar surface area (TPSA) is 82.5 Å². The number of nitrogen functional groups attached to an aromatic ring is 1. The van der Waals surface area contributed by atoms with E-state index >= 15 is 0 Å². The molecule has 3 heterocycles. The maximum absolute atomic E-state index is 6.51. The molecule has 3 aromatic heterocycles. The highest BCUT2D eigenvalue weighted by molar-refractivity contribution is 6.35. The molecule has 0 aliphatic heterocycles. The number of fused-ring (bicyclic) bond motifs is 2. The van der Waals surface area contributed by atoms with Crippen molar-refractivity contribution in [1.29, 1.82) is 0 Å². The van der Waals surface area contributed by atoms with Crippen molar-refractivity contribution in [2.75, 3.05) is 5.73 Å². The third-order valence-electron chi connectivity index (χ3n) is 5.07. The second-order valence-corrected chi connectivity index (χ2v) is 7.80. The molecular weight excluding hydrogens is 443 g/mol. The fraction of sp³-hybridized carbons (Fsp3) is 0.167. The van der Waals surface area contributed by atoms with Gasteiger partial charge >= 0.3 is 0 Å². The van der Waals surface area contributed by atoms with E-state index < -0.39 is 0 Å². The van der Waals surface area contributed by atoms with Crippen molar-refractivity contribution in [3.05, 3.63) is 76.2 Å². The van der Waals surface area contributed by atoms with E-state index in [0.29, 0.717) is 28.1 Å².